The molecule has 0 aromatic rings. The zero-order chi connectivity index (χ0) is 3.41. The molecule has 0 nitrogen and oxygen atoms in total. The number of hydrogen-bond acceptors (Lipinski definition) is 0. The van der Waals surface area contributed by atoms with Crippen LogP contribution in [0.2, 0.25) is 0 Å². The molecule has 0 saturated heterocycles. The molecule has 0 aromatic carbocycles. The van der Waals surface area contributed by atoms with Gasteiger partial charge in [0.2, 0.25) is 0 Å². The van der Waals surface area contributed by atoms with Crippen molar-refractivity contribution in [3.05, 3.63) is 9.95 Å². The summed E-state index contributed by atoms with van der Waals surface area (Å²) in [5, 5.41) is 0. The second kappa shape index (κ2) is 3.78. The molecule has 0 amide bonds. The van der Waals surface area contributed by atoms with Crippen LogP contribution in [0.4, 0.5) is 0 Å². The molecule has 0 unspecified atom stereocenters. The van der Waals surface area contributed by atoms with Crippen molar-refractivity contribution < 1.29 is 0 Å². The molecule has 0 bridgehead atoms. The van der Waals surface area contributed by atoms with Crippen molar-refractivity contribution in [2.24, 2.45) is 0 Å². The molecule has 22 valence electrons. The molecule has 0 N–H and O–H groups in total. The minimum absolute atomic E-state index is 1.82. The van der Waals surface area contributed by atoms with Gasteiger partial charge in [-0.15, -0.1) is 0 Å². The Kier molecular flexibility index (Phi) is 4.51. The molecule has 0 heterocycles. The van der Waals surface area contributed by atoms with Gasteiger partial charge in [0.05, 0.1) is 0 Å². The first-order valence-electron chi connectivity index (χ1n) is 0.805. The van der Waals surface area contributed by atoms with E-state index < -0.39 is 0 Å². The molecule has 2 heteroatoms. The third-order valence-corrected chi connectivity index (χ3v) is 1.50. The molecular formula is C2H2Se2. The Balaban J connectivity index is 2.55. The normalized spacial score (nSPS) is 9.00. The molecular weight excluding hydrogens is 182 g/mol. The van der Waals surface area contributed by atoms with Crippen molar-refractivity contribution in [1.82, 2.24) is 0 Å². The topological polar surface area (TPSA) is 0 Å². The van der Waals surface area contributed by atoms with Gasteiger partial charge in [-0.1, -0.05) is 0 Å². The van der Waals surface area contributed by atoms with Crippen LogP contribution in [0.15, 0.2) is 9.95 Å². The van der Waals surface area contributed by atoms with Gasteiger partial charge < -0.3 is 0 Å². The molecule has 0 aliphatic heterocycles. The van der Waals surface area contributed by atoms with Crippen LogP contribution >= 0.6 is 0 Å². The van der Waals surface area contributed by atoms with Gasteiger partial charge in [0, 0.05) is 0 Å². The summed E-state index contributed by atoms with van der Waals surface area (Å²) in [6.07, 6.45) is 0. The zero-order valence-corrected chi connectivity index (χ0v) is 5.40. The van der Waals surface area contributed by atoms with E-state index >= 15 is 0 Å². The summed E-state index contributed by atoms with van der Waals surface area (Å²) in [5.74, 6) is 0. The van der Waals surface area contributed by atoms with Crippen molar-refractivity contribution in [2.75, 3.05) is 0 Å². The second-order valence-electron chi connectivity index (χ2n) is 0.272. The van der Waals surface area contributed by atoms with Crippen LogP contribution in [0.1, 0.15) is 0 Å². The van der Waals surface area contributed by atoms with Gasteiger partial charge in [-0.25, -0.2) is 0 Å². The third kappa shape index (κ3) is 2.78. The SMILES string of the molecule is [Se]/C=C\[Se]. The Morgan fingerprint density at radius 1 is 1.00 bits per heavy atom. The van der Waals surface area contributed by atoms with Crippen LogP contribution in [0.3, 0.4) is 0 Å². The van der Waals surface area contributed by atoms with E-state index in [9.17, 15) is 0 Å². The molecule has 0 aromatic heterocycles. The van der Waals surface area contributed by atoms with Crippen LogP contribution in [0.5, 0.6) is 0 Å². The standard InChI is InChI=1S/C2H2Se2/c3-1-2-4/h1-2H/b2-1-. The van der Waals surface area contributed by atoms with E-state index in [4.69, 9.17) is 0 Å². The molecule has 4 heavy (non-hydrogen) atoms. The number of rotatable bonds is 0. The first-order chi connectivity index (χ1) is 1.91. The Labute approximate surface area is 42.3 Å². The van der Waals surface area contributed by atoms with Crippen molar-refractivity contribution in [2.45, 2.75) is 0 Å². The summed E-state index contributed by atoms with van der Waals surface area (Å²) >= 11 is 5.36. The van der Waals surface area contributed by atoms with Gasteiger partial charge in [-0.05, 0) is 0 Å². The Hall–Kier alpha value is 0.779. The van der Waals surface area contributed by atoms with Crippen LogP contribution in [-0.4, -0.2) is 32.0 Å². The van der Waals surface area contributed by atoms with Gasteiger partial charge in [0.1, 0.15) is 0 Å². The molecule has 0 spiro atoms. The van der Waals surface area contributed by atoms with Crippen LogP contribution in [0.25, 0.3) is 0 Å². The van der Waals surface area contributed by atoms with E-state index in [-0.39, 0.29) is 0 Å². The predicted molar refractivity (Wildman–Crippen MR) is 20.6 cm³/mol. The van der Waals surface area contributed by atoms with Crippen LogP contribution < -0.4 is 0 Å². The van der Waals surface area contributed by atoms with Crippen molar-refractivity contribution >= 4 is 32.0 Å². The van der Waals surface area contributed by atoms with Crippen molar-refractivity contribution in [3.8, 4) is 0 Å². The predicted octanol–water partition coefficient (Wildman–Crippen LogP) is -0.205. The molecule has 0 fully saturated rings. The third-order valence-electron chi connectivity index (χ3n) is 0.0556. The van der Waals surface area contributed by atoms with E-state index in [0.29, 0.717) is 0 Å². The van der Waals surface area contributed by atoms with Gasteiger partial charge >= 0.3 is 42.0 Å². The zero-order valence-electron chi connectivity index (χ0n) is 1.97. The molecule has 0 saturated carbocycles. The summed E-state index contributed by atoms with van der Waals surface area (Å²) in [6.45, 7) is 0. The summed E-state index contributed by atoms with van der Waals surface area (Å²) < 4.78 is 0. The quantitative estimate of drug-likeness (QED) is 0.457. The van der Waals surface area contributed by atoms with E-state index in [1.54, 1.807) is 0 Å². The van der Waals surface area contributed by atoms with Gasteiger partial charge in [-0.2, -0.15) is 0 Å². The summed E-state index contributed by atoms with van der Waals surface area (Å²) in [4.78, 5) is 3.64. The second-order valence-corrected chi connectivity index (χ2v) is 1.41. The monoisotopic (exact) mass is 186 g/mol. The summed E-state index contributed by atoms with van der Waals surface area (Å²) in [7, 11) is 0. The average Bonchev–Trinajstić information content (AvgIpc) is 1.37. The van der Waals surface area contributed by atoms with E-state index in [1.807, 2.05) is 9.95 Å². The van der Waals surface area contributed by atoms with E-state index in [2.05, 4.69) is 32.0 Å². The van der Waals surface area contributed by atoms with E-state index in [1.165, 1.54) is 0 Å². The summed E-state index contributed by atoms with van der Waals surface area (Å²) in [5.41, 5.74) is 0. The fourth-order valence-electron chi connectivity index (χ4n) is 0. The fourth-order valence-corrected chi connectivity index (χ4v) is 0. The molecule has 2 radical (unpaired) electrons. The van der Waals surface area contributed by atoms with Crippen LogP contribution in [-0.2, 0) is 0 Å². The van der Waals surface area contributed by atoms with Crippen LogP contribution in [0, 0.1) is 0 Å². The molecule has 0 aliphatic carbocycles. The van der Waals surface area contributed by atoms with Crippen molar-refractivity contribution in [1.29, 1.82) is 0 Å². The maximum atomic E-state index is 2.68. The molecule has 0 atom stereocenters. The average molecular weight is 184 g/mol. The first-order valence-corrected chi connectivity index (χ1v) is 2.78. The van der Waals surface area contributed by atoms with Gasteiger partial charge in [-0.3, -0.25) is 0 Å². The Morgan fingerprint density at radius 2 is 1.25 bits per heavy atom. The fraction of sp³-hybridized carbons (Fsp3) is 0. The van der Waals surface area contributed by atoms with Crippen molar-refractivity contribution in [3.63, 3.8) is 0 Å². The Bertz CT molecular complexity index is 19.2. The van der Waals surface area contributed by atoms with E-state index in [0.717, 1.165) is 0 Å². The maximum absolute atomic E-state index is 2.68. The minimum atomic E-state index is 1.82. The van der Waals surface area contributed by atoms with Gasteiger partial charge in [0.25, 0.3) is 0 Å². The van der Waals surface area contributed by atoms with Gasteiger partial charge in [0.15, 0.2) is 0 Å². The molecule has 0 aliphatic rings. The first kappa shape index (κ1) is 4.78. The Morgan fingerprint density at radius 3 is 1.25 bits per heavy atom. The summed E-state index contributed by atoms with van der Waals surface area (Å²) in [6, 6.07) is 0. The molecule has 0 rings (SSSR count). The number of hydrogen-bond donors (Lipinski definition) is 0.